The van der Waals surface area contributed by atoms with E-state index in [1.165, 1.54) is 4.90 Å². The number of benzene rings is 1. The highest BCUT2D eigenvalue weighted by Crippen LogP contribution is 2.21. The Kier molecular flexibility index (Phi) is 5.74. The fourth-order valence-corrected chi connectivity index (χ4v) is 2.33. The van der Waals surface area contributed by atoms with Crippen molar-refractivity contribution in [1.82, 2.24) is 19.7 Å². The van der Waals surface area contributed by atoms with Crippen molar-refractivity contribution in [2.24, 2.45) is 0 Å². The summed E-state index contributed by atoms with van der Waals surface area (Å²) in [5.41, 5.74) is 0.696. The van der Waals surface area contributed by atoms with Crippen LogP contribution in [0.2, 0.25) is 5.02 Å². The average Bonchev–Trinajstić information content (AvgIpc) is 2.97. The minimum atomic E-state index is -0.324. The fourth-order valence-electron chi connectivity index (χ4n) is 2.12. The Bertz CT molecular complexity index is 686. The van der Waals surface area contributed by atoms with Gasteiger partial charge in [0.05, 0.1) is 23.4 Å². The maximum atomic E-state index is 12.5. The third-order valence-corrected chi connectivity index (χ3v) is 3.99. The Morgan fingerprint density at radius 2 is 2.13 bits per heavy atom. The van der Waals surface area contributed by atoms with Crippen LogP contribution in [-0.4, -0.2) is 50.4 Å². The first-order valence-corrected chi connectivity index (χ1v) is 7.96. The zero-order chi connectivity index (χ0) is 17.0. The minimum absolute atomic E-state index is 0.108. The molecule has 0 aliphatic carbocycles. The molecule has 124 valence electrons. The van der Waals surface area contributed by atoms with Crippen LogP contribution in [0, 0.1) is 0 Å². The molecule has 23 heavy (non-hydrogen) atoms. The summed E-state index contributed by atoms with van der Waals surface area (Å²) < 4.78 is 1.62. The molecule has 1 heterocycles. The van der Waals surface area contributed by atoms with Gasteiger partial charge in [0.15, 0.2) is 0 Å². The molecule has 7 heteroatoms. The molecule has 1 atom stereocenters. The molecule has 0 fully saturated rings. The minimum Gasteiger partial charge on any atom is -0.394 e. The largest absolute Gasteiger partial charge is 0.394 e. The summed E-state index contributed by atoms with van der Waals surface area (Å²) in [6.07, 6.45) is 1.56. The van der Waals surface area contributed by atoms with Gasteiger partial charge in [-0.2, -0.15) is 0 Å². The lowest BCUT2D eigenvalue weighted by Crippen LogP contribution is -2.37. The number of rotatable bonds is 6. The molecule has 0 radical (unpaired) electrons. The highest BCUT2D eigenvalue weighted by atomic mass is 35.5. The molecule has 6 nitrogen and oxygen atoms in total. The lowest BCUT2D eigenvalue weighted by atomic mass is 10.3. The zero-order valence-corrected chi connectivity index (χ0v) is 14.3. The third-order valence-electron chi connectivity index (χ3n) is 3.67. The van der Waals surface area contributed by atoms with Gasteiger partial charge in [-0.15, -0.1) is 5.10 Å². The summed E-state index contributed by atoms with van der Waals surface area (Å²) in [7, 11) is 1.62. The van der Waals surface area contributed by atoms with Gasteiger partial charge in [-0.25, -0.2) is 9.67 Å². The second-order valence-electron chi connectivity index (χ2n) is 5.41. The predicted molar refractivity (Wildman–Crippen MR) is 89.0 cm³/mol. The summed E-state index contributed by atoms with van der Waals surface area (Å²) in [6.45, 7) is 3.68. The van der Waals surface area contributed by atoms with E-state index in [1.54, 1.807) is 24.7 Å². The molecule has 1 N–H and O–H groups in total. The van der Waals surface area contributed by atoms with Crippen molar-refractivity contribution in [3.63, 3.8) is 0 Å². The van der Waals surface area contributed by atoms with Crippen molar-refractivity contribution in [2.75, 3.05) is 13.7 Å². The van der Waals surface area contributed by atoms with Crippen LogP contribution in [0.5, 0.6) is 0 Å². The number of aliphatic hydroxyl groups is 1. The number of para-hydroxylation sites is 1. The number of hydrogen-bond acceptors (Lipinski definition) is 4. The Hall–Kier alpha value is -1.92. The average molecular weight is 337 g/mol. The molecule has 1 unspecified atom stereocenters. The van der Waals surface area contributed by atoms with Crippen molar-refractivity contribution in [2.45, 2.75) is 32.7 Å². The third kappa shape index (κ3) is 3.71. The van der Waals surface area contributed by atoms with Gasteiger partial charge < -0.3 is 10.0 Å². The molecule has 1 aromatic carbocycles. The SMILES string of the molecule is CCCc1nc(C(=O)N(C)C(C)CO)nn1-c1ccccc1Cl. The number of likely N-dealkylation sites (N-methyl/N-ethyl adjacent to an activating group) is 1. The van der Waals surface area contributed by atoms with Crippen LogP contribution < -0.4 is 0 Å². The Morgan fingerprint density at radius 3 is 2.74 bits per heavy atom. The van der Waals surface area contributed by atoms with Crippen molar-refractivity contribution in [3.8, 4) is 5.69 Å². The predicted octanol–water partition coefficient (Wildman–Crippen LogP) is 2.33. The number of carbonyl (C=O) groups is 1. The van der Waals surface area contributed by atoms with Crippen LogP contribution in [0.1, 0.15) is 36.7 Å². The quantitative estimate of drug-likeness (QED) is 0.878. The zero-order valence-electron chi connectivity index (χ0n) is 13.5. The molecule has 0 saturated carbocycles. The molecular formula is C16H21ClN4O2. The number of aryl methyl sites for hydroxylation is 1. The monoisotopic (exact) mass is 336 g/mol. The lowest BCUT2D eigenvalue weighted by molar-refractivity contribution is 0.0670. The van der Waals surface area contributed by atoms with E-state index in [1.807, 2.05) is 25.1 Å². The van der Waals surface area contributed by atoms with Gasteiger partial charge in [0.2, 0.25) is 5.82 Å². The fraction of sp³-hybridized carbons (Fsp3) is 0.438. The van der Waals surface area contributed by atoms with Gasteiger partial charge in [-0.05, 0) is 25.5 Å². The van der Waals surface area contributed by atoms with E-state index in [-0.39, 0.29) is 24.4 Å². The van der Waals surface area contributed by atoms with Crippen LogP contribution in [-0.2, 0) is 6.42 Å². The van der Waals surface area contributed by atoms with Crippen LogP contribution in [0.25, 0.3) is 5.69 Å². The number of aromatic nitrogens is 3. The number of halogens is 1. The molecule has 0 spiro atoms. The number of hydrogen-bond donors (Lipinski definition) is 1. The lowest BCUT2D eigenvalue weighted by Gasteiger charge is -2.21. The second-order valence-corrected chi connectivity index (χ2v) is 5.82. The molecule has 1 aromatic heterocycles. The van der Waals surface area contributed by atoms with Gasteiger partial charge in [0.1, 0.15) is 5.82 Å². The molecule has 0 aliphatic rings. The van der Waals surface area contributed by atoms with E-state index >= 15 is 0 Å². The van der Waals surface area contributed by atoms with Gasteiger partial charge in [0.25, 0.3) is 5.91 Å². The Balaban J connectivity index is 2.43. The van der Waals surface area contributed by atoms with Crippen molar-refractivity contribution >= 4 is 17.5 Å². The summed E-state index contributed by atoms with van der Waals surface area (Å²) in [5.74, 6) is 0.472. The van der Waals surface area contributed by atoms with Crippen LogP contribution in [0.3, 0.4) is 0 Å². The molecule has 0 saturated heterocycles. The topological polar surface area (TPSA) is 71.2 Å². The molecule has 1 amide bonds. The van der Waals surface area contributed by atoms with E-state index < -0.39 is 0 Å². The van der Waals surface area contributed by atoms with E-state index in [0.29, 0.717) is 23.0 Å². The van der Waals surface area contributed by atoms with Crippen LogP contribution >= 0.6 is 11.6 Å². The first-order chi connectivity index (χ1) is 11.0. The summed E-state index contributed by atoms with van der Waals surface area (Å²) in [4.78, 5) is 18.3. The number of carbonyl (C=O) groups excluding carboxylic acids is 1. The summed E-state index contributed by atoms with van der Waals surface area (Å²) in [6, 6.07) is 7.01. The van der Waals surface area contributed by atoms with Crippen LogP contribution in [0.15, 0.2) is 24.3 Å². The number of amides is 1. The highest BCUT2D eigenvalue weighted by Gasteiger charge is 2.23. The molecule has 2 rings (SSSR count). The summed E-state index contributed by atoms with van der Waals surface area (Å²) in [5, 5.41) is 14.1. The standard InChI is InChI=1S/C16H21ClN4O2/c1-4-7-14-18-15(16(23)20(3)11(2)10-22)19-21(14)13-9-6-5-8-12(13)17/h5-6,8-9,11,22H,4,7,10H2,1-3H3. The first kappa shape index (κ1) is 17.4. The maximum absolute atomic E-state index is 12.5. The Morgan fingerprint density at radius 1 is 1.43 bits per heavy atom. The summed E-state index contributed by atoms with van der Waals surface area (Å²) >= 11 is 6.24. The van der Waals surface area contributed by atoms with Crippen LogP contribution in [0.4, 0.5) is 0 Å². The first-order valence-electron chi connectivity index (χ1n) is 7.58. The van der Waals surface area contributed by atoms with Gasteiger partial charge in [-0.3, -0.25) is 4.79 Å². The van der Waals surface area contributed by atoms with Crippen molar-refractivity contribution < 1.29 is 9.90 Å². The van der Waals surface area contributed by atoms with E-state index in [2.05, 4.69) is 10.1 Å². The highest BCUT2D eigenvalue weighted by molar-refractivity contribution is 6.32. The van der Waals surface area contributed by atoms with Crippen molar-refractivity contribution in [3.05, 3.63) is 40.9 Å². The van der Waals surface area contributed by atoms with Gasteiger partial charge >= 0.3 is 0 Å². The molecule has 0 aliphatic heterocycles. The number of aliphatic hydroxyl groups excluding tert-OH is 1. The molecule has 0 bridgehead atoms. The number of nitrogens with zero attached hydrogens (tertiary/aromatic N) is 4. The normalized spacial score (nSPS) is 12.2. The second kappa shape index (κ2) is 7.57. The van der Waals surface area contributed by atoms with Gasteiger partial charge in [0, 0.05) is 13.5 Å². The van der Waals surface area contributed by atoms with E-state index in [9.17, 15) is 9.90 Å². The maximum Gasteiger partial charge on any atom is 0.293 e. The molecular weight excluding hydrogens is 316 g/mol. The van der Waals surface area contributed by atoms with Gasteiger partial charge in [-0.1, -0.05) is 30.7 Å². The molecule has 2 aromatic rings. The van der Waals surface area contributed by atoms with E-state index in [0.717, 1.165) is 6.42 Å². The smallest absolute Gasteiger partial charge is 0.293 e. The van der Waals surface area contributed by atoms with E-state index in [4.69, 9.17) is 11.6 Å². The van der Waals surface area contributed by atoms with Crippen molar-refractivity contribution in [1.29, 1.82) is 0 Å². The Labute approximate surface area is 140 Å².